The molecule has 0 aliphatic carbocycles. The largest absolute Gasteiger partial charge is 0.495 e. The predicted octanol–water partition coefficient (Wildman–Crippen LogP) is 2.83. The third kappa shape index (κ3) is 3.49. The molecule has 1 aromatic rings. The Balaban J connectivity index is 3.24. The molecule has 1 rings (SSSR count). The van der Waals surface area contributed by atoms with Crippen LogP contribution in [0.25, 0.3) is 0 Å². The molecule has 0 saturated carbocycles. The number of ether oxygens (including phenoxy) is 1. The van der Waals surface area contributed by atoms with Gasteiger partial charge in [-0.2, -0.15) is 26.3 Å². The maximum Gasteiger partial charge on any atom is 0.402 e. The highest BCUT2D eigenvalue weighted by atomic mass is 19.4. The minimum Gasteiger partial charge on any atom is -0.495 e. The van der Waals surface area contributed by atoms with Crippen molar-refractivity contribution in [3.8, 4) is 5.75 Å². The highest BCUT2D eigenvalue weighted by molar-refractivity contribution is 5.30. The summed E-state index contributed by atoms with van der Waals surface area (Å²) in [6, 6.07) is 0.105. The SMILES string of the molecule is COc1cccnc1C(N)C(C(F)(F)F)C(F)(F)F. The summed E-state index contributed by atoms with van der Waals surface area (Å²) in [5, 5.41) is 0. The Morgan fingerprint density at radius 2 is 1.68 bits per heavy atom. The molecule has 19 heavy (non-hydrogen) atoms. The van der Waals surface area contributed by atoms with Crippen molar-refractivity contribution >= 4 is 0 Å². The summed E-state index contributed by atoms with van der Waals surface area (Å²) in [5.41, 5.74) is 4.51. The van der Waals surface area contributed by atoms with Crippen molar-refractivity contribution in [1.29, 1.82) is 0 Å². The van der Waals surface area contributed by atoms with Crippen LogP contribution in [0.5, 0.6) is 5.75 Å². The molecular weight excluding hydrogens is 278 g/mol. The average molecular weight is 288 g/mol. The molecule has 1 atom stereocenters. The van der Waals surface area contributed by atoms with Crippen LogP contribution in [-0.2, 0) is 0 Å². The third-order valence-electron chi connectivity index (χ3n) is 2.40. The first-order valence-corrected chi connectivity index (χ1v) is 4.97. The number of rotatable bonds is 3. The van der Waals surface area contributed by atoms with Gasteiger partial charge >= 0.3 is 12.4 Å². The summed E-state index contributed by atoms with van der Waals surface area (Å²) in [7, 11) is 1.10. The highest BCUT2D eigenvalue weighted by Gasteiger charge is 2.60. The average Bonchev–Trinajstić information content (AvgIpc) is 2.24. The molecule has 0 bridgehead atoms. The topological polar surface area (TPSA) is 48.1 Å². The van der Waals surface area contributed by atoms with Gasteiger partial charge in [-0.1, -0.05) is 0 Å². The highest BCUT2D eigenvalue weighted by Crippen LogP contribution is 2.46. The van der Waals surface area contributed by atoms with E-state index in [1.54, 1.807) is 0 Å². The van der Waals surface area contributed by atoms with Gasteiger partial charge in [-0.25, -0.2) is 0 Å². The van der Waals surface area contributed by atoms with Gasteiger partial charge in [0.15, 0.2) is 5.92 Å². The van der Waals surface area contributed by atoms with Crippen molar-refractivity contribution in [3.05, 3.63) is 24.0 Å². The second-order valence-corrected chi connectivity index (χ2v) is 3.68. The van der Waals surface area contributed by atoms with E-state index >= 15 is 0 Å². The van der Waals surface area contributed by atoms with Gasteiger partial charge in [-0.3, -0.25) is 4.98 Å². The van der Waals surface area contributed by atoms with Crippen LogP contribution >= 0.6 is 0 Å². The van der Waals surface area contributed by atoms with Crippen LogP contribution in [0.2, 0.25) is 0 Å². The Morgan fingerprint density at radius 3 is 2.11 bits per heavy atom. The molecule has 0 radical (unpaired) electrons. The van der Waals surface area contributed by atoms with Crippen LogP contribution < -0.4 is 10.5 Å². The molecule has 0 aliphatic heterocycles. The summed E-state index contributed by atoms with van der Waals surface area (Å²) in [6.45, 7) is 0. The molecule has 1 unspecified atom stereocenters. The molecule has 108 valence electrons. The van der Waals surface area contributed by atoms with Crippen LogP contribution in [-0.4, -0.2) is 24.4 Å². The van der Waals surface area contributed by atoms with Crippen molar-refractivity contribution in [2.75, 3.05) is 7.11 Å². The van der Waals surface area contributed by atoms with E-state index in [-0.39, 0.29) is 5.75 Å². The van der Waals surface area contributed by atoms with Gasteiger partial charge in [0.2, 0.25) is 0 Å². The molecule has 2 N–H and O–H groups in total. The normalized spacial score (nSPS) is 14.6. The number of methoxy groups -OCH3 is 1. The van der Waals surface area contributed by atoms with Crippen molar-refractivity contribution in [1.82, 2.24) is 4.98 Å². The van der Waals surface area contributed by atoms with E-state index in [9.17, 15) is 26.3 Å². The molecule has 3 nitrogen and oxygen atoms in total. The predicted molar refractivity (Wildman–Crippen MR) is 53.3 cm³/mol. The number of hydrogen-bond donors (Lipinski definition) is 1. The second-order valence-electron chi connectivity index (χ2n) is 3.68. The minimum absolute atomic E-state index is 0.228. The molecule has 0 saturated heterocycles. The monoisotopic (exact) mass is 288 g/mol. The van der Waals surface area contributed by atoms with Crippen LogP contribution in [0.1, 0.15) is 11.7 Å². The van der Waals surface area contributed by atoms with Gasteiger partial charge in [0.1, 0.15) is 5.75 Å². The van der Waals surface area contributed by atoms with Crippen LogP contribution in [0.15, 0.2) is 18.3 Å². The standard InChI is InChI=1S/C10H10F6N2O/c1-19-5-3-2-4-18-7(5)6(17)8(9(11,12)13)10(14,15)16/h2-4,6,8H,17H2,1H3. The molecule has 0 aromatic carbocycles. The lowest BCUT2D eigenvalue weighted by atomic mass is 9.95. The fraction of sp³-hybridized carbons (Fsp3) is 0.500. The number of nitrogens with zero attached hydrogens (tertiary/aromatic N) is 1. The summed E-state index contributed by atoms with van der Waals surface area (Å²) in [5.74, 6) is -3.93. The lowest BCUT2D eigenvalue weighted by molar-refractivity contribution is -0.290. The summed E-state index contributed by atoms with van der Waals surface area (Å²) < 4.78 is 79.8. The number of halogens is 6. The Hall–Kier alpha value is -1.51. The Morgan fingerprint density at radius 1 is 1.16 bits per heavy atom. The van der Waals surface area contributed by atoms with Crippen molar-refractivity contribution in [2.24, 2.45) is 11.7 Å². The lowest BCUT2D eigenvalue weighted by Crippen LogP contribution is -2.44. The van der Waals surface area contributed by atoms with Crippen molar-refractivity contribution < 1.29 is 31.1 Å². The summed E-state index contributed by atoms with van der Waals surface area (Å²) in [4.78, 5) is 3.45. The van der Waals surface area contributed by atoms with E-state index in [1.807, 2.05) is 0 Å². The molecule has 0 spiro atoms. The van der Waals surface area contributed by atoms with Gasteiger partial charge in [-0.05, 0) is 12.1 Å². The van der Waals surface area contributed by atoms with E-state index in [0.29, 0.717) is 0 Å². The maximum absolute atomic E-state index is 12.5. The molecule has 0 aliphatic rings. The zero-order valence-electron chi connectivity index (χ0n) is 9.59. The second kappa shape index (κ2) is 5.24. The molecule has 1 heterocycles. The summed E-state index contributed by atoms with van der Waals surface area (Å²) in [6.07, 6.45) is -10.0. The first-order valence-electron chi connectivity index (χ1n) is 4.97. The minimum atomic E-state index is -5.53. The Kier molecular flexibility index (Phi) is 4.28. The summed E-state index contributed by atoms with van der Waals surface area (Å²) >= 11 is 0. The molecule has 0 amide bonds. The molecular formula is C10H10F6N2O. The van der Waals surface area contributed by atoms with Gasteiger partial charge in [0.25, 0.3) is 0 Å². The fourth-order valence-corrected chi connectivity index (χ4v) is 1.58. The number of hydrogen-bond acceptors (Lipinski definition) is 3. The molecule has 1 aromatic heterocycles. The molecule has 0 fully saturated rings. The quantitative estimate of drug-likeness (QED) is 0.870. The van der Waals surface area contributed by atoms with E-state index < -0.39 is 30.0 Å². The van der Waals surface area contributed by atoms with E-state index in [4.69, 9.17) is 5.73 Å². The van der Waals surface area contributed by atoms with Crippen LogP contribution in [0.4, 0.5) is 26.3 Å². The number of pyridine rings is 1. The van der Waals surface area contributed by atoms with Crippen molar-refractivity contribution in [2.45, 2.75) is 18.4 Å². The van der Waals surface area contributed by atoms with Gasteiger partial charge in [0.05, 0.1) is 18.8 Å². The number of aromatic nitrogens is 1. The zero-order valence-corrected chi connectivity index (χ0v) is 9.59. The Bertz CT molecular complexity index is 417. The first-order chi connectivity index (χ1) is 8.59. The first kappa shape index (κ1) is 15.5. The van der Waals surface area contributed by atoms with E-state index in [0.717, 1.165) is 13.3 Å². The van der Waals surface area contributed by atoms with Gasteiger partial charge in [-0.15, -0.1) is 0 Å². The van der Waals surface area contributed by atoms with Gasteiger partial charge in [0, 0.05) is 6.20 Å². The van der Waals surface area contributed by atoms with Crippen molar-refractivity contribution in [3.63, 3.8) is 0 Å². The van der Waals surface area contributed by atoms with E-state index in [1.165, 1.54) is 12.1 Å². The fourth-order valence-electron chi connectivity index (χ4n) is 1.58. The van der Waals surface area contributed by atoms with Crippen LogP contribution in [0, 0.1) is 5.92 Å². The smallest absolute Gasteiger partial charge is 0.402 e. The zero-order chi connectivity index (χ0) is 14.8. The van der Waals surface area contributed by atoms with Gasteiger partial charge < -0.3 is 10.5 Å². The molecule has 9 heteroatoms. The Labute approximate surface area is 104 Å². The lowest BCUT2D eigenvalue weighted by Gasteiger charge is -2.28. The number of nitrogens with two attached hydrogens (primary N) is 1. The maximum atomic E-state index is 12.5. The number of alkyl halides is 6. The third-order valence-corrected chi connectivity index (χ3v) is 2.40. The van der Waals surface area contributed by atoms with Crippen LogP contribution in [0.3, 0.4) is 0 Å². The van der Waals surface area contributed by atoms with E-state index in [2.05, 4.69) is 9.72 Å².